The average molecular weight is 481 g/mol. The maximum absolute atomic E-state index is 13.5. The zero-order valence-electron chi connectivity index (χ0n) is 18.2. The quantitative estimate of drug-likeness (QED) is 0.585. The number of sulfonamides is 1. The highest BCUT2D eigenvalue weighted by molar-refractivity contribution is 7.99. The number of nitrogens with one attached hydrogen (secondary N) is 1. The number of methoxy groups -OCH3 is 1. The van der Waals surface area contributed by atoms with Crippen molar-refractivity contribution in [3.63, 3.8) is 0 Å². The Morgan fingerprint density at radius 3 is 2.73 bits per heavy atom. The van der Waals surface area contributed by atoms with Gasteiger partial charge in [0, 0.05) is 17.2 Å². The number of thioether (sulfide) groups is 1. The summed E-state index contributed by atoms with van der Waals surface area (Å²) in [6, 6.07) is 19.9. The summed E-state index contributed by atoms with van der Waals surface area (Å²) in [4.78, 5) is 14.5. The van der Waals surface area contributed by atoms with Crippen LogP contribution in [0.4, 0.5) is 5.69 Å². The van der Waals surface area contributed by atoms with E-state index in [1.807, 2.05) is 42.5 Å². The molecule has 5 rings (SSSR count). The lowest BCUT2D eigenvalue weighted by molar-refractivity contribution is 0.0931. The van der Waals surface area contributed by atoms with Crippen LogP contribution < -0.4 is 14.4 Å². The molecule has 0 bridgehead atoms. The van der Waals surface area contributed by atoms with Crippen LogP contribution in [-0.4, -0.2) is 33.7 Å². The van der Waals surface area contributed by atoms with E-state index < -0.39 is 10.0 Å². The standard InChI is InChI=1S/C25H24N2O4S2/c1-31-23-11-10-18(33(29,30)27-14-12-17-6-2-4-8-22(17)27)16-20(23)25(28)26-21-13-15-32-24-9-5-3-7-19(21)24/h2-11,16,21H,12-15H2,1H3,(H,26,28)/t21-/m0/s1. The minimum absolute atomic E-state index is 0.0738. The van der Waals surface area contributed by atoms with Gasteiger partial charge in [0.25, 0.3) is 15.9 Å². The number of carbonyl (C=O) groups excluding carboxylic acids is 1. The van der Waals surface area contributed by atoms with Crippen LogP contribution in [0, 0.1) is 0 Å². The lowest BCUT2D eigenvalue weighted by Gasteiger charge is -2.26. The van der Waals surface area contributed by atoms with Crippen LogP contribution in [0.1, 0.15) is 33.9 Å². The number of ether oxygens (including phenoxy) is 1. The van der Waals surface area contributed by atoms with Gasteiger partial charge in [0.05, 0.1) is 29.3 Å². The number of hydrogen-bond acceptors (Lipinski definition) is 5. The second kappa shape index (κ2) is 8.76. The smallest absolute Gasteiger partial charge is 0.264 e. The third-order valence-corrected chi connectivity index (χ3v) is 9.04. The second-order valence-corrected chi connectivity index (χ2v) is 11.0. The fourth-order valence-electron chi connectivity index (χ4n) is 4.44. The van der Waals surface area contributed by atoms with Crippen LogP contribution >= 0.6 is 11.8 Å². The van der Waals surface area contributed by atoms with Crippen molar-refractivity contribution < 1.29 is 17.9 Å². The van der Waals surface area contributed by atoms with Crippen molar-refractivity contribution in [1.29, 1.82) is 0 Å². The van der Waals surface area contributed by atoms with Gasteiger partial charge in [0.15, 0.2) is 0 Å². The lowest BCUT2D eigenvalue weighted by Crippen LogP contribution is -2.32. The van der Waals surface area contributed by atoms with Gasteiger partial charge in [-0.25, -0.2) is 8.42 Å². The summed E-state index contributed by atoms with van der Waals surface area (Å²) in [7, 11) is -2.34. The van der Waals surface area contributed by atoms with Gasteiger partial charge in [-0.05, 0) is 54.3 Å². The number of fused-ring (bicyclic) bond motifs is 2. The number of para-hydroxylation sites is 1. The Kier molecular flexibility index (Phi) is 5.80. The number of hydrogen-bond donors (Lipinski definition) is 1. The number of nitrogens with zero attached hydrogens (tertiary/aromatic N) is 1. The first-order valence-corrected chi connectivity index (χ1v) is 13.2. The van der Waals surface area contributed by atoms with E-state index in [0.717, 1.165) is 28.2 Å². The summed E-state index contributed by atoms with van der Waals surface area (Å²) in [5.41, 5.74) is 2.98. The molecule has 3 aromatic carbocycles. The molecule has 6 nitrogen and oxygen atoms in total. The van der Waals surface area contributed by atoms with Crippen LogP contribution in [0.5, 0.6) is 5.75 Å². The zero-order chi connectivity index (χ0) is 23.0. The van der Waals surface area contributed by atoms with Gasteiger partial charge >= 0.3 is 0 Å². The van der Waals surface area contributed by atoms with Gasteiger partial charge in [-0.3, -0.25) is 9.10 Å². The molecule has 0 fully saturated rings. The Bertz CT molecular complexity index is 1320. The molecule has 0 spiro atoms. The highest BCUT2D eigenvalue weighted by atomic mass is 32.2. The molecule has 1 amide bonds. The number of carbonyl (C=O) groups is 1. The molecule has 0 aliphatic carbocycles. The van der Waals surface area contributed by atoms with Crippen molar-refractivity contribution in [1.82, 2.24) is 5.32 Å². The Labute approximate surface area is 198 Å². The molecule has 1 N–H and O–H groups in total. The van der Waals surface area contributed by atoms with Crippen LogP contribution in [-0.2, 0) is 16.4 Å². The van der Waals surface area contributed by atoms with E-state index in [0.29, 0.717) is 24.4 Å². The summed E-state index contributed by atoms with van der Waals surface area (Å²) in [6.07, 6.45) is 1.47. The predicted octanol–water partition coefficient (Wildman–Crippen LogP) is 4.41. The molecule has 0 unspecified atom stereocenters. The summed E-state index contributed by atoms with van der Waals surface area (Å²) < 4.78 is 33.8. The molecule has 2 aliphatic rings. The van der Waals surface area contributed by atoms with Gasteiger partial charge in [0.1, 0.15) is 5.75 Å². The van der Waals surface area contributed by atoms with Crippen molar-refractivity contribution >= 4 is 33.4 Å². The predicted molar refractivity (Wildman–Crippen MR) is 130 cm³/mol. The van der Waals surface area contributed by atoms with Crippen molar-refractivity contribution in [2.45, 2.75) is 28.7 Å². The minimum Gasteiger partial charge on any atom is -0.496 e. The molecule has 2 heterocycles. The molecule has 170 valence electrons. The van der Waals surface area contributed by atoms with Crippen molar-refractivity contribution in [3.05, 3.63) is 83.4 Å². The van der Waals surface area contributed by atoms with Gasteiger partial charge in [0.2, 0.25) is 0 Å². The van der Waals surface area contributed by atoms with E-state index in [1.54, 1.807) is 17.8 Å². The van der Waals surface area contributed by atoms with Crippen LogP contribution in [0.25, 0.3) is 0 Å². The summed E-state index contributed by atoms with van der Waals surface area (Å²) >= 11 is 1.78. The molecule has 2 aliphatic heterocycles. The number of benzene rings is 3. The van der Waals surface area contributed by atoms with Gasteiger partial charge in [-0.2, -0.15) is 0 Å². The Morgan fingerprint density at radius 1 is 1.09 bits per heavy atom. The minimum atomic E-state index is -3.82. The summed E-state index contributed by atoms with van der Waals surface area (Å²) in [6.45, 7) is 0.381. The Balaban J connectivity index is 1.47. The zero-order valence-corrected chi connectivity index (χ0v) is 19.8. The van der Waals surface area contributed by atoms with E-state index in [9.17, 15) is 13.2 Å². The van der Waals surface area contributed by atoms with Crippen LogP contribution in [0.3, 0.4) is 0 Å². The molecule has 33 heavy (non-hydrogen) atoms. The van der Waals surface area contributed by atoms with Crippen LogP contribution in [0.2, 0.25) is 0 Å². The van der Waals surface area contributed by atoms with E-state index in [4.69, 9.17) is 4.74 Å². The molecule has 1 atom stereocenters. The SMILES string of the molecule is COc1ccc(S(=O)(=O)N2CCc3ccccc32)cc1C(=O)N[C@H]1CCSc2ccccc21. The Morgan fingerprint density at radius 2 is 1.88 bits per heavy atom. The molecule has 0 aromatic heterocycles. The molecule has 0 radical (unpaired) electrons. The van der Waals surface area contributed by atoms with Crippen molar-refractivity contribution in [2.24, 2.45) is 0 Å². The molecule has 3 aromatic rings. The van der Waals surface area contributed by atoms with E-state index in [-0.39, 0.29) is 22.4 Å². The first-order valence-electron chi connectivity index (χ1n) is 10.8. The Hall–Kier alpha value is -2.97. The van der Waals surface area contributed by atoms with E-state index >= 15 is 0 Å². The normalized spacial score (nSPS) is 17.2. The van der Waals surface area contributed by atoms with E-state index in [2.05, 4.69) is 11.4 Å². The first kappa shape index (κ1) is 21.9. The topological polar surface area (TPSA) is 75.7 Å². The summed E-state index contributed by atoms with van der Waals surface area (Å²) in [5.74, 6) is 0.895. The summed E-state index contributed by atoms with van der Waals surface area (Å²) in [5, 5.41) is 3.09. The third kappa shape index (κ3) is 3.98. The van der Waals surface area contributed by atoms with E-state index in [1.165, 1.54) is 23.5 Å². The first-order chi connectivity index (χ1) is 16.0. The fraction of sp³-hybridized carbons (Fsp3) is 0.240. The third-order valence-electron chi connectivity index (χ3n) is 6.11. The average Bonchev–Trinajstić information content (AvgIpc) is 3.29. The maximum atomic E-state index is 13.5. The highest BCUT2D eigenvalue weighted by Gasteiger charge is 2.32. The van der Waals surface area contributed by atoms with Gasteiger partial charge in [-0.1, -0.05) is 36.4 Å². The number of amides is 1. The number of anilines is 1. The second-order valence-electron chi connectivity index (χ2n) is 8.02. The molecule has 0 saturated carbocycles. The molecule has 8 heteroatoms. The maximum Gasteiger partial charge on any atom is 0.264 e. The molecular formula is C25H24N2O4S2. The molecule has 0 saturated heterocycles. The van der Waals surface area contributed by atoms with Crippen molar-refractivity contribution in [3.8, 4) is 5.75 Å². The molecular weight excluding hydrogens is 456 g/mol. The fourth-order valence-corrected chi connectivity index (χ4v) is 7.09. The lowest BCUT2D eigenvalue weighted by atomic mass is 10.0. The highest BCUT2D eigenvalue weighted by Crippen LogP contribution is 2.37. The van der Waals surface area contributed by atoms with Gasteiger partial charge in [-0.15, -0.1) is 11.8 Å². The van der Waals surface area contributed by atoms with Crippen molar-refractivity contribution in [2.75, 3.05) is 23.7 Å². The monoisotopic (exact) mass is 480 g/mol. The largest absolute Gasteiger partial charge is 0.496 e. The number of rotatable bonds is 5. The van der Waals surface area contributed by atoms with Crippen LogP contribution in [0.15, 0.2) is 76.5 Å². The van der Waals surface area contributed by atoms with Gasteiger partial charge < -0.3 is 10.1 Å².